The van der Waals surface area contributed by atoms with E-state index in [2.05, 4.69) is 20.3 Å². The molecule has 0 radical (unpaired) electrons. The number of nitrogens with one attached hydrogen (secondary N) is 3. The van der Waals surface area contributed by atoms with Gasteiger partial charge in [0.25, 0.3) is 5.91 Å². The molecule has 2 saturated carbocycles. The molecule has 15 nitrogen and oxygen atoms in total. The third-order valence-electron chi connectivity index (χ3n) is 12.1. The summed E-state index contributed by atoms with van der Waals surface area (Å²) in [6.45, 7) is 9.25. The Kier molecular flexibility index (Phi) is 12.0. The van der Waals surface area contributed by atoms with Crippen LogP contribution in [0.2, 0.25) is 0 Å². The van der Waals surface area contributed by atoms with Crippen LogP contribution in [-0.4, -0.2) is 93.3 Å². The minimum atomic E-state index is -4.03. The lowest BCUT2D eigenvalue weighted by atomic mass is 9.88. The van der Waals surface area contributed by atoms with Gasteiger partial charge >= 0.3 is 6.09 Å². The summed E-state index contributed by atoms with van der Waals surface area (Å²) >= 11 is 0. The summed E-state index contributed by atoms with van der Waals surface area (Å²) in [7, 11) is -4.03. The first-order chi connectivity index (χ1) is 28.5. The van der Waals surface area contributed by atoms with Crippen molar-refractivity contribution in [1.29, 1.82) is 0 Å². The van der Waals surface area contributed by atoms with Gasteiger partial charge in [-0.15, -0.1) is 0 Å². The molecule has 2 aliphatic heterocycles. The fourth-order valence-corrected chi connectivity index (χ4v) is 9.59. The number of carboxylic acid groups (broad SMARTS) is 1. The number of allylic oxidation sites excluding steroid dienone is 1. The molecule has 60 heavy (non-hydrogen) atoms. The van der Waals surface area contributed by atoms with Crippen LogP contribution in [0.25, 0.3) is 22.5 Å². The average molecular weight is 843 g/mol. The summed E-state index contributed by atoms with van der Waals surface area (Å²) in [4.78, 5) is 65.8. The Morgan fingerprint density at radius 1 is 1.02 bits per heavy atom. The van der Waals surface area contributed by atoms with Crippen LogP contribution in [-0.2, 0) is 24.4 Å². The number of nitrogens with zero attached hydrogens (tertiary/aromatic N) is 3. The smallest absolute Gasteiger partial charge is 0.405 e. The van der Waals surface area contributed by atoms with Crippen molar-refractivity contribution in [2.75, 3.05) is 6.54 Å². The lowest BCUT2D eigenvalue weighted by Crippen LogP contribution is -2.59. The summed E-state index contributed by atoms with van der Waals surface area (Å²) in [5, 5.41) is 15.2. The quantitative estimate of drug-likeness (QED) is 0.188. The van der Waals surface area contributed by atoms with Crippen molar-refractivity contribution in [3.05, 3.63) is 73.1 Å². The molecule has 1 aromatic carbocycles. The van der Waals surface area contributed by atoms with Crippen LogP contribution in [0.5, 0.6) is 11.5 Å². The van der Waals surface area contributed by atoms with Crippen molar-refractivity contribution in [1.82, 2.24) is 30.2 Å². The zero-order chi connectivity index (χ0) is 43.0. The van der Waals surface area contributed by atoms with Gasteiger partial charge in [-0.2, -0.15) is 0 Å². The Hall–Kier alpha value is -5.51. The minimum Gasteiger partial charge on any atom is -0.491 e. The largest absolute Gasteiger partial charge is 0.491 e. The van der Waals surface area contributed by atoms with Crippen LogP contribution < -0.4 is 24.8 Å². The number of carbonyl (C=O) groups is 4. The first-order valence-electron chi connectivity index (χ1n) is 20.7. The number of ether oxygens (including phenoxy) is 2. The van der Waals surface area contributed by atoms with E-state index in [1.165, 1.54) is 4.90 Å². The maximum atomic E-state index is 14.6. The lowest BCUT2D eigenvalue weighted by Gasteiger charge is -2.32. The molecule has 4 heterocycles. The van der Waals surface area contributed by atoms with Gasteiger partial charge in [-0.25, -0.2) is 18.2 Å². The monoisotopic (exact) mass is 842 g/mol. The number of carbonyl (C=O) groups excluding carboxylic acids is 3. The zero-order valence-corrected chi connectivity index (χ0v) is 35.4. The molecule has 320 valence electrons. The molecule has 3 aromatic rings. The number of hydrogen-bond donors (Lipinski definition) is 4. The molecule has 0 spiro atoms. The number of sulfonamides is 1. The fourth-order valence-electron chi connectivity index (χ4n) is 8.28. The summed E-state index contributed by atoms with van der Waals surface area (Å²) in [5.41, 5.74) is 1.12. The van der Waals surface area contributed by atoms with Crippen molar-refractivity contribution >= 4 is 33.8 Å². The van der Waals surface area contributed by atoms with Gasteiger partial charge in [0.05, 0.1) is 28.8 Å². The summed E-state index contributed by atoms with van der Waals surface area (Å²) in [6.07, 6.45) is 7.91. The van der Waals surface area contributed by atoms with Crippen molar-refractivity contribution in [3.8, 4) is 34.0 Å². The molecule has 3 fully saturated rings. The fraction of sp³-hybridized carbons (Fsp3) is 0.500. The van der Waals surface area contributed by atoms with E-state index < -0.39 is 74.1 Å². The van der Waals surface area contributed by atoms with Crippen LogP contribution >= 0.6 is 0 Å². The van der Waals surface area contributed by atoms with Gasteiger partial charge in [0.1, 0.15) is 35.2 Å². The Balaban J connectivity index is 1.23. The maximum Gasteiger partial charge on any atom is 0.405 e. The van der Waals surface area contributed by atoms with Gasteiger partial charge in [-0.3, -0.25) is 24.1 Å². The van der Waals surface area contributed by atoms with Crippen LogP contribution in [0.15, 0.2) is 73.1 Å². The van der Waals surface area contributed by atoms with E-state index in [9.17, 15) is 32.7 Å². The molecule has 4 N–H and O–H groups in total. The van der Waals surface area contributed by atoms with Crippen LogP contribution in [0.3, 0.4) is 0 Å². The number of pyridine rings is 2. The first-order valence-corrected chi connectivity index (χ1v) is 22.2. The predicted octanol–water partition coefficient (Wildman–Crippen LogP) is 5.47. The molecule has 16 heteroatoms. The van der Waals surface area contributed by atoms with Gasteiger partial charge < -0.3 is 30.1 Å². The molecule has 2 aromatic heterocycles. The highest BCUT2D eigenvalue weighted by Gasteiger charge is 2.63. The first kappa shape index (κ1) is 42.6. The highest BCUT2D eigenvalue weighted by molar-refractivity contribution is 7.91. The lowest BCUT2D eigenvalue weighted by molar-refractivity contribution is -0.142. The number of rotatable bonds is 10. The number of hydrogen-bond acceptors (Lipinski definition) is 10. The summed E-state index contributed by atoms with van der Waals surface area (Å²) in [6, 6.07) is 12.4. The van der Waals surface area contributed by atoms with Crippen LogP contribution in [0.1, 0.15) is 79.6 Å². The molecule has 0 bridgehead atoms. The molecular formula is C44H54N6O9S. The molecule has 4 aliphatic rings. The topological polar surface area (TPSA) is 206 Å². The second kappa shape index (κ2) is 16.9. The third kappa shape index (κ3) is 9.28. The van der Waals surface area contributed by atoms with Gasteiger partial charge in [0, 0.05) is 48.0 Å². The molecule has 7 atom stereocenters. The van der Waals surface area contributed by atoms with Gasteiger partial charge in [0.2, 0.25) is 21.8 Å². The van der Waals surface area contributed by atoms with Gasteiger partial charge in [0.15, 0.2) is 0 Å². The second-order valence-electron chi connectivity index (χ2n) is 17.4. The van der Waals surface area contributed by atoms with Crippen LogP contribution in [0.4, 0.5) is 4.79 Å². The van der Waals surface area contributed by atoms with E-state index in [-0.39, 0.29) is 31.4 Å². The Labute approximate surface area is 350 Å². The molecule has 7 rings (SSSR count). The normalized spacial score (nSPS) is 28.2. The number of amides is 4. The van der Waals surface area contributed by atoms with E-state index >= 15 is 0 Å². The SMILES string of the molecule is CC(C)Oc1ccc(-c2cc(O[C@@H]3C[C@H]4C(=O)N[C@]5(C(=O)NS(=O)(=O)C6(C)CC6)C[C@H]5/C=C\CC[C@H](C)C[C@@H](C)[C@H](NC(=O)O)C(=O)N4C3)cc(-c3cccnc3)n2)cc1. The van der Waals surface area contributed by atoms with E-state index in [4.69, 9.17) is 14.5 Å². The average Bonchev–Trinajstić information content (AvgIpc) is 4.08. The molecule has 4 amide bonds. The molecule has 0 unspecified atom stereocenters. The standard InChI is InChI=1S/C44H54N6O9S/c1-26(2)58-32-14-12-29(13-15-32)35-20-33(21-36(46-35)30-10-8-18-45-24-30)59-34-22-37-39(51)48-44(41(53)49-60(56,57)43(5)16-17-43)23-31(44)11-7-6-9-27(3)19-28(4)38(47-42(54)55)40(52)50(37)25-34/h7-8,10-15,18,20-21,24,26-28,31,34,37-38,47H,6,9,16-17,19,22-23,25H2,1-5H3,(H,48,51)(H,49,53)(H,54,55)/b11-7-/t27-,28+,31+,34+,37-,38-,44+/m0/s1. The highest BCUT2D eigenvalue weighted by Crippen LogP contribution is 2.47. The highest BCUT2D eigenvalue weighted by atomic mass is 32.2. The van der Waals surface area contributed by atoms with Gasteiger partial charge in [-0.1, -0.05) is 26.0 Å². The van der Waals surface area contributed by atoms with E-state index in [1.54, 1.807) is 37.5 Å². The minimum absolute atomic E-state index is 0.00214. The summed E-state index contributed by atoms with van der Waals surface area (Å²) in [5.74, 6) is -1.77. The molecule has 1 saturated heterocycles. The maximum absolute atomic E-state index is 14.6. The van der Waals surface area contributed by atoms with Gasteiger partial charge in [-0.05, 0) is 108 Å². The Morgan fingerprint density at radius 3 is 2.38 bits per heavy atom. The van der Waals surface area contributed by atoms with Crippen molar-refractivity contribution in [3.63, 3.8) is 0 Å². The Morgan fingerprint density at radius 2 is 1.73 bits per heavy atom. The van der Waals surface area contributed by atoms with E-state index in [0.29, 0.717) is 48.6 Å². The van der Waals surface area contributed by atoms with Crippen LogP contribution in [0, 0.1) is 17.8 Å². The second-order valence-corrected chi connectivity index (χ2v) is 19.6. The number of fused-ring (bicyclic) bond motifs is 2. The summed E-state index contributed by atoms with van der Waals surface area (Å²) < 4.78 is 40.1. The third-order valence-corrected chi connectivity index (χ3v) is 14.3. The molecule has 2 aliphatic carbocycles. The number of benzene rings is 1. The van der Waals surface area contributed by atoms with Crippen molar-refractivity contribution < 1.29 is 42.2 Å². The zero-order valence-electron chi connectivity index (χ0n) is 34.6. The van der Waals surface area contributed by atoms with Crippen molar-refractivity contribution in [2.24, 2.45) is 17.8 Å². The van der Waals surface area contributed by atoms with E-state index in [1.807, 2.05) is 70.2 Å². The predicted molar refractivity (Wildman–Crippen MR) is 223 cm³/mol. The van der Waals surface area contributed by atoms with E-state index in [0.717, 1.165) is 17.5 Å². The number of aromatic nitrogens is 2. The Bertz CT molecular complexity index is 2250. The molecular weight excluding hydrogens is 789 g/mol. The van der Waals surface area contributed by atoms with Crippen molar-refractivity contribution in [2.45, 2.75) is 114 Å².